The average Bonchev–Trinajstić information content (AvgIpc) is 2.74. The van der Waals surface area contributed by atoms with Gasteiger partial charge in [0.15, 0.2) is 5.75 Å². The van der Waals surface area contributed by atoms with Crippen LogP contribution < -0.4 is 15.4 Å². The van der Waals surface area contributed by atoms with Crippen molar-refractivity contribution in [3.05, 3.63) is 28.3 Å². The molecule has 6 nitrogen and oxygen atoms in total. The van der Waals surface area contributed by atoms with E-state index >= 15 is 0 Å². The smallest absolute Gasteiger partial charge is 0.333 e. The number of nitrogens with one attached hydrogen (secondary N) is 2. The van der Waals surface area contributed by atoms with E-state index in [1.807, 2.05) is 13.8 Å². The predicted octanol–water partition coefficient (Wildman–Crippen LogP) is 2.55. The van der Waals surface area contributed by atoms with Crippen LogP contribution in [0.2, 0.25) is 0 Å². The van der Waals surface area contributed by atoms with Gasteiger partial charge < -0.3 is 15.4 Å². The van der Waals surface area contributed by atoms with Crippen LogP contribution in [-0.4, -0.2) is 29.7 Å². The predicted molar refractivity (Wildman–Crippen MR) is 78.4 cm³/mol. The minimum Gasteiger partial charge on any atom is -0.484 e. The summed E-state index contributed by atoms with van der Waals surface area (Å²) in [5.74, 6) is 0.310. The number of anilines is 1. The summed E-state index contributed by atoms with van der Waals surface area (Å²) < 4.78 is 5.55. The van der Waals surface area contributed by atoms with E-state index in [4.69, 9.17) is 4.74 Å². The fourth-order valence-corrected chi connectivity index (χ4v) is 2.41. The molecule has 1 fully saturated rings. The third-order valence-electron chi connectivity index (χ3n) is 3.35. The highest BCUT2D eigenvalue weighted by molar-refractivity contribution is 5.69. The van der Waals surface area contributed by atoms with Crippen molar-refractivity contribution in [1.82, 2.24) is 5.32 Å². The molecular formula is C14H21N3O3. The molecule has 1 saturated heterocycles. The van der Waals surface area contributed by atoms with Gasteiger partial charge in [-0.1, -0.05) is 6.07 Å². The van der Waals surface area contributed by atoms with Crippen LogP contribution in [0.5, 0.6) is 5.75 Å². The lowest BCUT2D eigenvalue weighted by molar-refractivity contribution is -0.385. The summed E-state index contributed by atoms with van der Waals surface area (Å²) in [5, 5.41) is 17.9. The normalized spacial score (nSPS) is 22.0. The minimum atomic E-state index is -0.383. The van der Waals surface area contributed by atoms with Gasteiger partial charge in [-0.3, -0.25) is 10.1 Å². The van der Waals surface area contributed by atoms with Gasteiger partial charge in [0.25, 0.3) is 0 Å². The number of benzene rings is 1. The second-order valence-electron chi connectivity index (χ2n) is 5.69. The molecule has 2 N–H and O–H groups in total. The quantitative estimate of drug-likeness (QED) is 0.640. The molecule has 1 aromatic rings. The van der Waals surface area contributed by atoms with Crippen molar-refractivity contribution >= 4 is 11.4 Å². The third kappa shape index (κ3) is 3.19. The average molecular weight is 279 g/mol. The van der Waals surface area contributed by atoms with Crippen LogP contribution in [0.3, 0.4) is 0 Å². The Morgan fingerprint density at radius 1 is 1.50 bits per heavy atom. The van der Waals surface area contributed by atoms with Crippen molar-refractivity contribution in [1.29, 1.82) is 0 Å². The van der Waals surface area contributed by atoms with Gasteiger partial charge in [0.2, 0.25) is 0 Å². The summed E-state index contributed by atoms with van der Waals surface area (Å²) in [6.07, 6.45) is 0.826. The zero-order valence-corrected chi connectivity index (χ0v) is 12.1. The highest BCUT2D eigenvalue weighted by Gasteiger charge is 2.32. The van der Waals surface area contributed by atoms with Gasteiger partial charge in [-0.2, -0.15) is 0 Å². The van der Waals surface area contributed by atoms with Gasteiger partial charge in [0.05, 0.1) is 11.0 Å². The van der Waals surface area contributed by atoms with E-state index < -0.39 is 0 Å². The number of nitrogens with zero attached hydrogens (tertiary/aromatic N) is 1. The number of nitro groups is 1. The SMILES string of the molecule is CC(C)Oc1cccc(NC2(C)CCNC2)c1[N+](=O)[O-]. The molecule has 0 bridgehead atoms. The summed E-state index contributed by atoms with van der Waals surface area (Å²) in [5.41, 5.74) is 0.356. The first-order valence-corrected chi connectivity index (χ1v) is 6.84. The van der Waals surface area contributed by atoms with E-state index in [-0.39, 0.29) is 22.3 Å². The Morgan fingerprint density at radius 2 is 2.25 bits per heavy atom. The molecule has 0 aliphatic carbocycles. The Kier molecular flexibility index (Phi) is 4.13. The molecule has 0 saturated carbocycles. The minimum absolute atomic E-state index is 0.00863. The molecule has 1 aliphatic heterocycles. The fourth-order valence-electron chi connectivity index (χ4n) is 2.41. The van der Waals surface area contributed by atoms with Crippen molar-refractivity contribution in [3.8, 4) is 5.75 Å². The van der Waals surface area contributed by atoms with Crippen LogP contribution in [0.25, 0.3) is 0 Å². The Balaban J connectivity index is 2.34. The summed E-state index contributed by atoms with van der Waals surface area (Å²) in [4.78, 5) is 11.0. The van der Waals surface area contributed by atoms with Crippen molar-refractivity contribution < 1.29 is 9.66 Å². The van der Waals surface area contributed by atoms with Gasteiger partial charge >= 0.3 is 5.69 Å². The van der Waals surface area contributed by atoms with E-state index in [9.17, 15) is 10.1 Å². The van der Waals surface area contributed by atoms with Gasteiger partial charge in [-0.15, -0.1) is 0 Å². The van der Waals surface area contributed by atoms with Gasteiger partial charge in [-0.05, 0) is 45.9 Å². The molecule has 6 heteroatoms. The monoisotopic (exact) mass is 279 g/mol. The maximum absolute atomic E-state index is 11.4. The second kappa shape index (κ2) is 5.66. The summed E-state index contributed by atoms with van der Waals surface area (Å²) in [6, 6.07) is 5.15. The van der Waals surface area contributed by atoms with E-state index in [1.54, 1.807) is 18.2 Å². The number of hydrogen-bond donors (Lipinski definition) is 2. The van der Waals surface area contributed by atoms with Crippen molar-refractivity contribution in [2.24, 2.45) is 0 Å². The van der Waals surface area contributed by atoms with Crippen LogP contribution in [0.1, 0.15) is 27.2 Å². The lowest BCUT2D eigenvalue weighted by Crippen LogP contribution is -2.37. The van der Waals surface area contributed by atoms with Crippen LogP contribution in [0.15, 0.2) is 18.2 Å². The van der Waals surface area contributed by atoms with E-state index in [1.165, 1.54) is 0 Å². The van der Waals surface area contributed by atoms with E-state index in [2.05, 4.69) is 17.6 Å². The topological polar surface area (TPSA) is 76.4 Å². The fraction of sp³-hybridized carbons (Fsp3) is 0.571. The zero-order chi connectivity index (χ0) is 14.8. The van der Waals surface area contributed by atoms with Gasteiger partial charge in [0.1, 0.15) is 5.69 Å². The third-order valence-corrected chi connectivity index (χ3v) is 3.35. The molecule has 0 amide bonds. The first-order chi connectivity index (χ1) is 9.41. The standard InChI is InChI=1S/C14H21N3O3/c1-10(2)20-12-6-4-5-11(13(12)17(18)19)16-14(3)7-8-15-9-14/h4-6,10,15-16H,7-9H2,1-3H3. The summed E-state index contributed by atoms with van der Waals surface area (Å²) >= 11 is 0. The first kappa shape index (κ1) is 14.6. The molecule has 2 rings (SSSR count). The molecule has 1 aliphatic rings. The van der Waals surface area contributed by atoms with Crippen LogP contribution in [0, 0.1) is 10.1 Å². The zero-order valence-electron chi connectivity index (χ0n) is 12.1. The molecule has 1 aromatic carbocycles. The Hall–Kier alpha value is -1.82. The molecular weight excluding hydrogens is 258 g/mol. The van der Waals surface area contributed by atoms with Gasteiger partial charge in [0, 0.05) is 12.1 Å². The molecule has 1 heterocycles. The largest absolute Gasteiger partial charge is 0.484 e. The Bertz CT molecular complexity index is 496. The van der Waals surface area contributed by atoms with Crippen LogP contribution in [-0.2, 0) is 0 Å². The molecule has 0 spiro atoms. The molecule has 20 heavy (non-hydrogen) atoms. The summed E-state index contributed by atoms with van der Waals surface area (Å²) in [6.45, 7) is 7.48. The first-order valence-electron chi connectivity index (χ1n) is 6.84. The molecule has 1 unspecified atom stereocenters. The number of rotatable bonds is 5. The van der Waals surface area contributed by atoms with E-state index in [0.717, 1.165) is 19.5 Å². The molecule has 110 valence electrons. The van der Waals surface area contributed by atoms with Gasteiger partial charge in [-0.25, -0.2) is 0 Å². The highest BCUT2D eigenvalue weighted by Crippen LogP contribution is 2.37. The molecule has 1 atom stereocenters. The number of ether oxygens (including phenoxy) is 1. The molecule has 0 radical (unpaired) electrons. The van der Waals surface area contributed by atoms with Crippen LogP contribution in [0.4, 0.5) is 11.4 Å². The second-order valence-corrected chi connectivity index (χ2v) is 5.69. The number of nitro benzene ring substituents is 1. The lowest BCUT2D eigenvalue weighted by Gasteiger charge is -2.26. The Labute approximate surface area is 118 Å². The maximum atomic E-state index is 11.4. The number of para-hydroxylation sites is 1. The van der Waals surface area contributed by atoms with Crippen molar-refractivity contribution in [2.75, 3.05) is 18.4 Å². The molecule has 0 aromatic heterocycles. The summed E-state index contributed by atoms with van der Waals surface area (Å²) in [7, 11) is 0. The van der Waals surface area contributed by atoms with Crippen LogP contribution >= 0.6 is 0 Å². The number of hydrogen-bond acceptors (Lipinski definition) is 5. The Morgan fingerprint density at radius 3 is 2.80 bits per heavy atom. The van der Waals surface area contributed by atoms with Crippen molar-refractivity contribution in [3.63, 3.8) is 0 Å². The highest BCUT2D eigenvalue weighted by atomic mass is 16.6. The maximum Gasteiger partial charge on any atom is 0.333 e. The lowest BCUT2D eigenvalue weighted by atomic mass is 10.0. The van der Waals surface area contributed by atoms with E-state index in [0.29, 0.717) is 11.4 Å². The van der Waals surface area contributed by atoms with Crippen molar-refractivity contribution in [2.45, 2.75) is 38.8 Å².